The molecule has 0 aromatic heterocycles. The third-order valence-corrected chi connectivity index (χ3v) is 4.36. The molecule has 1 aliphatic heterocycles. The average molecular weight is 403 g/mol. The highest BCUT2D eigenvalue weighted by Crippen LogP contribution is 2.36. The van der Waals surface area contributed by atoms with Gasteiger partial charge in [-0.05, 0) is 42.3 Å². The first-order chi connectivity index (χ1) is 13.5. The van der Waals surface area contributed by atoms with Crippen molar-refractivity contribution in [1.82, 2.24) is 0 Å². The lowest BCUT2D eigenvalue weighted by molar-refractivity contribution is -0.134. The van der Waals surface area contributed by atoms with E-state index in [1.807, 2.05) is 0 Å². The number of hydrogen-bond acceptors (Lipinski definition) is 6. The maximum Gasteiger partial charge on any atom is 0.311 e. The van der Waals surface area contributed by atoms with Crippen molar-refractivity contribution in [1.29, 1.82) is 0 Å². The summed E-state index contributed by atoms with van der Waals surface area (Å²) in [5.41, 5.74) is 1.13. The molecule has 0 saturated heterocycles. The minimum atomic E-state index is -0.383. The summed E-state index contributed by atoms with van der Waals surface area (Å²) in [6.45, 7) is 0. The van der Waals surface area contributed by atoms with Crippen molar-refractivity contribution in [2.24, 2.45) is 0 Å². The van der Waals surface area contributed by atoms with Crippen molar-refractivity contribution >= 4 is 29.4 Å². The minimum absolute atomic E-state index is 0.174. The maximum atomic E-state index is 12.6. The fourth-order valence-electron chi connectivity index (χ4n) is 2.72. The zero-order chi connectivity index (χ0) is 20.1. The largest absolute Gasteiger partial charge is 0.493 e. The first-order valence-corrected chi connectivity index (χ1v) is 9.16. The van der Waals surface area contributed by atoms with Gasteiger partial charge in [-0.15, -0.1) is 11.6 Å². The standard InChI is InChI=1S/C21H19ClO6/c1-25-16-8-5-13(10-18(16)26-2)11-19-21(24)15-7-6-14(12-17(15)28-19)27-20(23)4-3-9-22/h5-8,10-12H,3-4,9H2,1-2H3/b19-11+. The highest BCUT2D eigenvalue weighted by atomic mass is 35.5. The van der Waals surface area contributed by atoms with Crippen molar-refractivity contribution in [2.45, 2.75) is 12.8 Å². The van der Waals surface area contributed by atoms with Crippen LogP contribution in [0, 0.1) is 0 Å². The predicted octanol–water partition coefficient (Wildman–Crippen LogP) is 4.24. The first-order valence-electron chi connectivity index (χ1n) is 8.62. The summed E-state index contributed by atoms with van der Waals surface area (Å²) in [6, 6.07) is 9.96. The van der Waals surface area contributed by atoms with Gasteiger partial charge < -0.3 is 18.9 Å². The monoisotopic (exact) mass is 402 g/mol. The third kappa shape index (κ3) is 4.28. The summed E-state index contributed by atoms with van der Waals surface area (Å²) in [7, 11) is 3.09. The Morgan fingerprint density at radius 1 is 1.11 bits per heavy atom. The van der Waals surface area contributed by atoms with Gasteiger partial charge in [-0.3, -0.25) is 9.59 Å². The summed E-state index contributed by atoms with van der Waals surface area (Å²) in [5.74, 6) is 1.74. The van der Waals surface area contributed by atoms with Crippen molar-refractivity contribution in [3.8, 4) is 23.0 Å². The van der Waals surface area contributed by atoms with Gasteiger partial charge >= 0.3 is 5.97 Å². The number of ether oxygens (including phenoxy) is 4. The number of halogens is 1. The van der Waals surface area contributed by atoms with E-state index in [4.69, 9.17) is 30.5 Å². The van der Waals surface area contributed by atoms with E-state index in [1.54, 1.807) is 43.5 Å². The Morgan fingerprint density at radius 2 is 1.89 bits per heavy atom. The number of esters is 1. The number of alkyl halides is 1. The number of fused-ring (bicyclic) bond motifs is 1. The maximum absolute atomic E-state index is 12.6. The molecule has 1 aliphatic rings. The molecule has 7 heteroatoms. The molecule has 2 aromatic rings. The lowest BCUT2D eigenvalue weighted by atomic mass is 10.1. The molecule has 0 radical (unpaired) electrons. The summed E-state index contributed by atoms with van der Waals surface area (Å²) in [5, 5.41) is 0. The molecule has 6 nitrogen and oxygen atoms in total. The topological polar surface area (TPSA) is 71.1 Å². The molecule has 0 N–H and O–H groups in total. The third-order valence-electron chi connectivity index (χ3n) is 4.09. The predicted molar refractivity (Wildman–Crippen MR) is 105 cm³/mol. The highest BCUT2D eigenvalue weighted by molar-refractivity contribution is 6.18. The van der Waals surface area contributed by atoms with E-state index in [2.05, 4.69) is 0 Å². The summed E-state index contributed by atoms with van der Waals surface area (Å²) in [6.07, 6.45) is 2.39. The molecule has 0 amide bonds. The Hall–Kier alpha value is -2.99. The van der Waals surface area contributed by atoms with E-state index >= 15 is 0 Å². The number of hydrogen-bond donors (Lipinski definition) is 0. The molecule has 0 atom stereocenters. The Balaban J connectivity index is 1.79. The van der Waals surface area contributed by atoms with Crippen LogP contribution in [0.2, 0.25) is 0 Å². The van der Waals surface area contributed by atoms with Crippen molar-refractivity contribution < 1.29 is 28.5 Å². The normalized spacial score (nSPS) is 13.8. The number of methoxy groups -OCH3 is 2. The smallest absolute Gasteiger partial charge is 0.311 e. The van der Waals surface area contributed by atoms with Crippen LogP contribution >= 0.6 is 11.6 Å². The Bertz CT molecular complexity index is 934. The quantitative estimate of drug-likeness (QED) is 0.298. The van der Waals surface area contributed by atoms with E-state index in [9.17, 15) is 9.59 Å². The van der Waals surface area contributed by atoms with Gasteiger partial charge in [0.05, 0.1) is 19.8 Å². The lowest BCUT2D eigenvalue weighted by Gasteiger charge is -2.08. The van der Waals surface area contributed by atoms with Gasteiger partial charge in [0.2, 0.25) is 5.78 Å². The zero-order valence-corrected chi connectivity index (χ0v) is 16.2. The molecule has 0 bridgehead atoms. The molecular formula is C21H19ClO6. The van der Waals surface area contributed by atoms with E-state index in [0.717, 1.165) is 5.56 Å². The van der Waals surface area contributed by atoms with Crippen LogP contribution in [0.15, 0.2) is 42.2 Å². The highest BCUT2D eigenvalue weighted by Gasteiger charge is 2.28. The van der Waals surface area contributed by atoms with Crippen LogP contribution in [0.4, 0.5) is 0 Å². The second kappa shape index (κ2) is 8.80. The van der Waals surface area contributed by atoms with Crippen LogP contribution in [0.1, 0.15) is 28.8 Å². The summed E-state index contributed by atoms with van der Waals surface area (Å²) < 4.78 is 21.4. The molecule has 28 heavy (non-hydrogen) atoms. The molecule has 146 valence electrons. The van der Waals surface area contributed by atoms with E-state index in [1.165, 1.54) is 13.2 Å². The molecule has 0 fully saturated rings. The van der Waals surface area contributed by atoms with Crippen LogP contribution < -0.4 is 18.9 Å². The molecule has 3 rings (SSSR count). The van der Waals surface area contributed by atoms with E-state index in [-0.39, 0.29) is 23.9 Å². The second-order valence-electron chi connectivity index (χ2n) is 5.98. The van der Waals surface area contributed by atoms with E-state index < -0.39 is 0 Å². The van der Waals surface area contributed by atoms with Gasteiger partial charge in [-0.2, -0.15) is 0 Å². The lowest BCUT2D eigenvalue weighted by Crippen LogP contribution is -2.07. The number of ketones is 1. The molecule has 0 saturated carbocycles. The van der Waals surface area contributed by atoms with Crippen LogP contribution in [0.3, 0.4) is 0 Å². The Labute approximate surface area is 167 Å². The fourth-order valence-corrected chi connectivity index (χ4v) is 2.85. The van der Waals surface area contributed by atoms with Crippen molar-refractivity contribution in [3.63, 3.8) is 0 Å². The first kappa shape index (κ1) is 19.8. The Kier molecular flexibility index (Phi) is 6.21. The van der Waals surface area contributed by atoms with Gasteiger partial charge in [0, 0.05) is 18.4 Å². The molecule has 1 heterocycles. The van der Waals surface area contributed by atoms with Crippen LogP contribution in [0.5, 0.6) is 23.0 Å². The number of rotatable bonds is 7. The molecular weight excluding hydrogens is 384 g/mol. The summed E-state index contributed by atoms with van der Waals surface area (Å²) >= 11 is 5.57. The van der Waals surface area contributed by atoms with Crippen molar-refractivity contribution in [3.05, 3.63) is 53.3 Å². The van der Waals surface area contributed by atoms with Gasteiger partial charge in [-0.1, -0.05) is 6.07 Å². The van der Waals surface area contributed by atoms with Crippen LogP contribution in [0.25, 0.3) is 6.08 Å². The fraction of sp³-hybridized carbons (Fsp3) is 0.238. The molecule has 0 unspecified atom stereocenters. The van der Waals surface area contributed by atoms with Crippen LogP contribution in [-0.2, 0) is 4.79 Å². The number of carbonyl (C=O) groups is 2. The minimum Gasteiger partial charge on any atom is -0.493 e. The molecule has 2 aromatic carbocycles. The molecule has 0 spiro atoms. The van der Waals surface area contributed by atoms with Gasteiger partial charge in [0.1, 0.15) is 11.5 Å². The number of benzene rings is 2. The number of Topliss-reactive ketones (excluding diaryl/α,β-unsaturated/α-hetero) is 1. The Morgan fingerprint density at radius 3 is 2.61 bits per heavy atom. The van der Waals surface area contributed by atoms with Gasteiger partial charge in [-0.25, -0.2) is 0 Å². The average Bonchev–Trinajstić information content (AvgIpc) is 3.01. The van der Waals surface area contributed by atoms with Gasteiger partial charge in [0.25, 0.3) is 0 Å². The number of carbonyl (C=O) groups excluding carboxylic acids is 2. The molecule has 0 aliphatic carbocycles. The number of allylic oxidation sites excluding steroid dienone is 1. The summed E-state index contributed by atoms with van der Waals surface area (Å²) in [4.78, 5) is 24.3. The van der Waals surface area contributed by atoms with E-state index in [0.29, 0.717) is 40.9 Å². The van der Waals surface area contributed by atoms with Crippen LogP contribution in [-0.4, -0.2) is 31.9 Å². The second-order valence-corrected chi connectivity index (χ2v) is 6.36. The SMILES string of the molecule is COc1ccc(/C=C2/Oc3cc(OC(=O)CCCCl)ccc3C2=O)cc1OC. The zero-order valence-electron chi connectivity index (χ0n) is 15.5. The van der Waals surface area contributed by atoms with Gasteiger partial charge in [0.15, 0.2) is 17.3 Å². The van der Waals surface area contributed by atoms with Crippen molar-refractivity contribution in [2.75, 3.05) is 20.1 Å².